The van der Waals surface area contributed by atoms with E-state index in [0.717, 1.165) is 37.5 Å². The van der Waals surface area contributed by atoms with Crippen LogP contribution in [0.2, 0.25) is 5.02 Å². The highest BCUT2D eigenvalue weighted by molar-refractivity contribution is 6.33. The van der Waals surface area contributed by atoms with Gasteiger partial charge in [-0.25, -0.2) is 0 Å². The molecule has 4 heteroatoms. The molecule has 112 valence electrons. The van der Waals surface area contributed by atoms with Gasteiger partial charge in [0.2, 0.25) is 0 Å². The number of hydrogen-bond acceptors (Lipinski definition) is 3. The van der Waals surface area contributed by atoms with Gasteiger partial charge in [0.15, 0.2) is 0 Å². The standard InChI is InChI=1S/C16H26ClN3/c1-3-14-12-19(2)10-5-11-20(14)16-13(8-9-18)6-4-7-15(16)17/h4,6-7,14H,3,5,8-12,18H2,1-2H3. The van der Waals surface area contributed by atoms with E-state index in [1.807, 2.05) is 12.1 Å². The van der Waals surface area contributed by atoms with Crippen molar-refractivity contribution < 1.29 is 0 Å². The first-order valence-corrected chi connectivity index (χ1v) is 7.97. The summed E-state index contributed by atoms with van der Waals surface area (Å²) < 4.78 is 0. The zero-order valence-corrected chi connectivity index (χ0v) is 13.4. The summed E-state index contributed by atoms with van der Waals surface area (Å²) in [7, 11) is 2.21. The molecule has 0 amide bonds. The van der Waals surface area contributed by atoms with Crippen LogP contribution in [0.4, 0.5) is 5.69 Å². The lowest BCUT2D eigenvalue weighted by Crippen LogP contribution is -2.40. The minimum Gasteiger partial charge on any atom is -0.366 e. The van der Waals surface area contributed by atoms with Crippen LogP contribution in [0.15, 0.2) is 18.2 Å². The number of rotatable bonds is 4. The summed E-state index contributed by atoms with van der Waals surface area (Å²) in [5.41, 5.74) is 8.25. The van der Waals surface area contributed by atoms with Gasteiger partial charge in [-0.15, -0.1) is 0 Å². The number of para-hydroxylation sites is 1. The lowest BCUT2D eigenvalue weighted by Gasteiger charge is -2.34. The Labute approximate surface area is 127 Å². The van der Waals surface area contributed by atoms with E-state index in [0.29, 0.717) is 12.6 Å². The molecule has 0 bridgehead atoms. The van der Waals surface area contributed by atoms with Gasteiger partial charge >= 0.3 is 0 Å². The molecule has 1 atom stereocenters. The second-order valence-corrected chi connectivity index (χ2v) is 6.06. The molecule has 1 aliphatic heterocycles. The minimum atomic E-state index is 0.527. The quantitative estimate of drug-likeness (QED) is 0.927. The Hall–Kier alpha value is -0.770. The van der Waals surface area contributed by atoms with E-state index in [2.05, 4.69) is 29.8 Å². The summed E-state index contributed by atoms with van der Waals surface area (Å²) >= 11 is 6.51. The zero-order chi connectivity index (χ0) is 14.5. The molecular weight excluding hydrogens is 270 g/mol. The molecule has 1 aromatic carbocycles. The maximum Gasteiger partial charge on any atom is 0.0642 e. The number of anilines is 1. The van der Waals surface area contributed by atoms with Crippen LogP contribution in [0, 0.1) is 0 Å². The second-order valence-electron chi connectivity index (χ2n) is 5.66. The Kier molecular flexibility index (Phi) is 5.70. The highest BCUT2D eigenvalue weighted by Crippen LogP contribution is 2.33. The Balaban J connectivity index is 2.36. The first-order chi connectivity index (χ1) is 9.67. The van der Waals surface area contributed by atoms with Crippen molar-refractivity contribution in [2.45, 2.75) is 32.2 Å². The normalized spacial score (nSPS) is 21.0. The van der Waals surface area contributed by atoms with Gasteiger partial charge in [-0.3, -0.25) is 0 Å². The summed E-state index contributed by atoms with van der Waals surface area (Å²) in [4.78, 5) is 4.93. The molecule has 0 aliphatic carbocycles. The van der Waals surface area contributed by atoms with Crippen molar-refractivity contribution in [3.8, 4) is 0 Å². The molecule has 2 rings (SSSR count). The molecule has 1 unspecified atom stereocenters. The van der Waals surface area contributed by atoms with Crippen molar-refractivity contribution in [1.82, 2.24) is 4.90 Å². The van der Waals surface area contributed by atoms with Gasteiger partial charge in [0.1, 0.15) is 0 Å². The molecule has 1 aromatic rings. The average Bonchev–Trinajstić information content (AvgIpc) is 2.61. The van der Waals surface area contributed by atoms with E-state index in [-0.39, 0.29) is 0 Å². The van der Waals surface area contributed by atoms with Crippen LogP contribution >= 0.6 is 11.6 Å². The van der Waals surface area contributed by atoms with Gasteiger partial charge in [-0.1, -0.05) is 30.7 Å². The third kappa shape index (κ3) is 3.46. The summed E-state index contributed by atoms with van der Waals surface area (Å²) in [6.45, 7) is 6.26. The van der Waals surface area contributed by atoms with Crippen molar-refractivity contribution in [3.63, 3.8) is 0 Å². The molecular formula is C16H26ClN3. The maximum atomic E-state index is 6.51. The van der Waals surface area contributed by atoms with E-state index in [9.17, 15) is 0 Å². The molecule has 1 heterocycles. The van der Waals surface area contributed by atoms with Crippen molar-refractivity contribution in [2.75, 3.05) is 38.1 Å². The van der Waals surface area contributed by atoms with E-state index in [4.69, 9.17) is 17.3 Å². The summed E-state index contributed by atoms with van der Waals surface area (Å²) in [5, 5.41) is 0.860. The third-order valence-electron chi connectivity index (χ3n) is 4.14. The van der Waals surface area contributed by atoms with E-state index in [1.54, 1.807) is 0 Å². The van der Waals surface area contributed by atoms with Crippen molar-refractivity contribution >= 4 is 17.3 Å². The molecule has 0 aromatic heterocycles. The van der Waals surface area contributed by atoms with Gasteiger partial charge in [0.25, 0.3) is 0 Å². The number of nitrogens with two attached hydrogens (primary N) is 1. The summed E-state index contributed by atoms with van der Waals surface area (Å²) in [5.74, 6) is 0. The van der Waals surface area contributed by atoms with Crippen LogP contribution < -0.4 is 10.6 Å². The lowest BCUT2D eigenvalue weighted by atomic mass is 10.1. The highest BCUT2D eigenvalue weighted by atomic mass is 35.5. The van der Waals surface area contributed by atoms with Gasteiger partial charge in [-0.05, 0) is 51.0 Å². The van der Waals surface area contributed by atoms with Crippen LogP contribution in [0.5, 0.6) is 0 Å². The minimum absolute atomic E-state index is 0.527. The number of halogens is 1. The smallest absolute Gasteiger partial charge is 0.0642 e. The molecule has 0 spiro atoms. The van der Waals surface area contributed by atoms with Gasteiger partial charge in [0, 0.05) is 19.1 Å². The summed E-state index contributed by atoms with van der Waals surface area (Å²) in [6.07, 6.45) is 3.20. The fourth-order valence-electron chi connectivity index (χ4n) is 3.13. The van der Waals surface area contributed by atoms with E-state index in [1.165, 1.54) is 17.7 Å². The van der Waals surface area contributed by atoms with Gasteiger partial charge in [-0.2, -0.15) is 0 Å². The number of nitrogens with zero attached hydrogens (tertiary/aromatic N) is 2. The van der Waals surface area contributed by atoms with Crippen LogP contribution in [-0.4, -0.2) is 44.2 Å². The van der Waals surface area contributed by atoms with Crippen LogP contribution in [0.1, 0.15) is 25.3 Å². The Morgan fingerprint density at radius 1 is 1.35 bits per heavy atom. The monoisotopic (exact) mass is 295 g/mol. The van der Waals surface area contributed by atoms with Crippen molar-refractivity contribution in [2.24, 2.45) is 5.73 Å². The molecule has 1 fully saturated rings. The van der Waals surface area contributed by atoms with Crippen LogP contribution in [0.3, 0.4) is 0 Å². The zero-order valence-electron chi connectivity index (χ0n) is 12.6. The van der Waals surface area contributed by atoms with E-state index < -0.39 is 0 Å². The van der Waals surface area contributed by atoms with Gasteiger partial charge in [0.05, 0.1) is 10.7 Å². The highest BCUT2D eigenvalue weighted by Gasteiger charge is 2.25. The SMILES string of the molecule is CCC1CN(C)CCCN1c1c(Cl)cccc1CCN. The Morgan fingerprint density at radius 2 is 2.15 bits per heavy atom. The first-order valence-electron chi connectivity index (χ1n) is 7.60. The number of hydrogen-bond donors (Lipinski definition) is 1. The Bertz CT molecular complexity index is 436. The fraction of sp³-hybridized carbons (Fsp3) is 0.625. The molecule has 20 heavy (non-hydrogen) atoms. The fourth-order valence-corrected chi connectivity index (χ4v) is 3.43. The molecule has 3 nitrogen and oxygen atoms in total. The van der Waals surface area contributed by atoms with Gasteiger partial charge < -0.3 is 15.5 Å². The largest absolute Gasteiger partial charge is 0.366 e. The van der Waals surface area contributed by atoms with E-state index >= 15 is 0 Å². The number of benzene rings is 1. The predicted octanol–water partition coefficient (Wildman–Crippen LogP) is 2.76. The molecule has 2 N–H and O–H groups in total. The molecule has 1 aliphatic rings. The average molecular weight is 296 g/mol. The molecule has 0 saturated carbocycles. The molecule has 0 radical (unpaired) electrons. The maximum absolute atomic E-state index is 6.51. The lowest BCUT2D eigenvalue weighted by molar-refractivity contribution is 0.328. The topological polar surface area (TPSA) is 32.5 Å². The van der Waals surface area contributed by atoms with Crippen LogP contribution in [0.25, 0.3) is 0 Å². The predicted molar refractivity (Wildman–Crippen MR) is 87.7 cm³/mol. The van der Waals surface area contributed by atoms with Crippen molar-refractivity contribution in [3.05, 3.63) is 28.8 Å². The molecule has 1 saturated heterocycles. The third-order valence-corrected chi connectivity index (χ3v) is 4.45. The summed E-state index contributed by atoms with van der Waals surface area (Å²) in [6, 6.07) is 6.72. The number of likely N-dealkylation sites (N-methyl/N-ethyl adjacent to an activating group) is 1. The van der Waals surface area contributed by atoms with Crippen molar-refractivity contribution in [1.29, 1.82) is 0 Å². The first kappa shape index (κ1) is 15.6. The van der Waals surface area contributed by atoms with Crippen LogP contribution in [-0.2, 0) is 6.42 Å². The second kappa shape index (κ2) is 7.30. The Morgan fingerprint density at radius 3 is 2.85 bits per heavy atom.